The third kappa shape index (κ3) is 3.60. The summed E-state index contributed by atoms with van der Waals surface area (Å²) >= 11 is 0. The monoisotopic (exact) mass is 275 g/mol. The molecule has 0 amide bonds. The molecule has 3 nitrogen and oxygen atoms in total. The summed E-state index contributed by atoms with van der Waals surface area (Å²) in [5, 5.41) is 0. The van der Waals surface area contributed by atoms with Crippen LogP contribution in [-0.4, -0.2) is 30.6 Å². The van der Waals surface area contributed by atoms with Crippen molar-refractivity contribution in [2.24, 2.45) is 5.92 Å². The van der Waals surface area contributed by atoms with Gasteiger partial charge in [0.2, 0.25) is 0 Å². The van der Waals surface area contributed by atoms with E-state index in [0.717, 1.165) is 13.1 Å². The van der Waals surface area contributed by atoms with Crippen LogP contribution in [0, 0.1) is 5.92 Å². The molecule has 1 saturated heterocycles. The van der Waals surface area contributed by atoms with Gasteiger partial charge in [0.25, 0.3) is 0 Å². The normalized spacial score (nSPS) is 19.3. The number of likely N-dealkylation sites (tertiary alicyclic amines) is 1. The fourth-order valence-corrected chi connectivity index (χ4v) is 3.07. The van der Waals surface area contributed by atoms with Gasteiger partial charge in [-0.25, -0.2) is 0 Å². The molecule has 1 aromatic rings. The Morgan fingerprint density at radius 2 is 1.85 bits per heavy atom. The molecule has 3 heteroatoms. The van der Waals surface area contributed by atoms with Gasteiger partial charge in [-0.1, -0.05) is 43.7 Å². The highest BCUT2D eigenvalue weighted by atomic mass is 16.5. The van der Waals surface area contributed by atoms with Crippen molar-refractivity contribution in [3.63, 3.8) is 0 Å². The Morgan fingerprint density at radius 1 is 1.20 bits per heavy atom. The van der Waals surface area contributed by atoms with E-state index in [1.54, 1.807) is 0 Å². The molecule has 20 heavy (non-hydrogen) atoms. The van der Waals surface area contributed by atoms with Gasteiger partial charge >= 0.3 is 5.97 Å². The van der Waals surface area contributed by atoms with Gasteiger partial charge in [0.15, 0.2) is 0 Å². The minimum atomic E-state index is -0.129. The fourth-order valence-electron chi connectivity index (χ4n) is 3.07. The zero-order valence-electron chi connectivity index (χ0n) is 12.5. The number of piperidine rings is 1. The standard InChI is InChI=1S/C17H25NO2/c1-3-20-17(19)14(2)16(15-10-6-4-7-11-15)18-12-8-5-9-13-18/h4,6-7,10-11,14,16H,3,5,8-9,12-13H2,1-2H3. The van der Waals surface area contributed by atoms with Crippen molar-refractivity contribution in [3.8, 4) is 0 Å². The minimum absolute atomic E-state index is 0.0908. The third-order valence-electron chi connectivity index (χ3n) is 4.06. The molecule has 0 aliphatic carbocycles. The molecule has 110 valence electrons. The van der Waals surface area contributed by atoms with Gasteiger partial charge in [0, 0.05) is 6.04 Å². The number of hydrogen-bond acceptors (Lipinski definition) is 3. The molecular weight excluding hydrogens is 250 g/mol. The number of rotatable bonds is 5. The van der Waals surface area contributed by atoms with Crippen LogP contribution in [0.3, 0.4) is 0 Å². The van der Waals surface area contributed by atoms with E-state index in [1.165, 1.54) is 24.8 Å². The summed E-state index contributed by atoms with van der Waals surface area (Å²) < 4.78 is 5.23. The van der Waals surface area contributed by atoms with E-state index in [4.69, 9.17) is 4.74 Å². The molecule has 2 atom stereocenters. The van der Waals surface area contributed by atoms with Gasteiger partial charge in [-0.3, -0.25) is 9.69 Å². The SMILES string of the molecule is CCOC(=O)C(C)C(c1ccccc1)N1CCCCC1. The second-order valence-corrected chi connectivity index (χ2v) is 5.49. The van der Waals surface area contributed by atoms with E-state index in [9.17, 15) is 4.79 Å². The van der Waals surface area contributed by atoms with Crippen molar-refractivity contribution in [1.82, 2.24) is 4.90 Å². The Balaban J connectivity index is 2.21. The van der Waals surface area contributed by atoms with E-state index < -0.39 is 0 Å². The molecule has 1 aliphatic heterocycles. The van der Waals surface area contributed by atoms with Gasteiger partial charge < -0.3 is 4.74 Å². The second-order valence-electron chi connectivity index (χ2n) is 5.49. The summed E-state index contributed by atoms with van der Waals surface area (Å²) in [6, 6.07) is 10.5. The Morgan fingerprint density at radius 3 is 2.45 bits per heavy atom. The molecule has 0 N–H and O–H groups in total. The van der Waals surface area contributed by atoms with Crippen LogP contribution in [0.5, 0.6) is 0 Å². The predicted octanol–water partition coefficient (Wildman–Crippen LogP) is 3.41. The van der Waals surface area contributed by atoms with Crippen LogP contribution in [0.1, 0.15) is 44.7 Å². The lowest BCUT2D eigenvalue weighted by atomic mass is 9.91. The smallest absolute Gasteiger partial charge is 0.310 e. The van der Waals surface area contributed by atoms with Crippen LogP contribution in [0.2, 0.25) is 0 Å². The molecule has 0 radical (unpaired) electrons. The maximum Gasteiger partial charge on any atom is 0.310 e. The molecule has 0 spiro atoms. The summed E-state index contributed by atoms with van der Waals surface area (Å²) in [6.45, 7) is 6.45. The number of ether oxygens (including phenoxy) is 1. The zero-order chi connectivity index (χ0) is 14.4. The van der Waals surface area contributed by atoms with E-state index in [2.05, 4.69) is 17.0 Å². The van der Waals surface area contributed by atoms with Gasteiger partial charge in [-0.15, -0.1) is 0 Å². The lowest BCUT2D eigenvalue weighted by molar-refractivity contribution is -0.150. The summed E-state index contributed by atoms with van der Waals surface area (Å²) in [5.41, 5.74) is 1.22. The van der Waals surface area contributed by atoms with Crippen LogP contribution < -0.4 is 0 Å². The van der Waals surface area contributed by atoms with Crippen LogP contribution in [-0.2, 0) is 9.53 Å². The summed E-state index contributed by atoms with van der Waals surface area (Å²) in [6.07, 6.45) is 3.74. The number of nitrogens with zero attached hydrogens (tertiary/aromatic N) is 1. The molecule has 2 rings (SSSR count). The first-order valence-corrected chi connectivity index (χ1v) is 7.69. The molecule has 2 unspecified atom stereocenters. The molecule has 0 bridgehead atoms. The Hall–Kier alpha value is -1.35. The number of carbonyl (C=O) groups is 1. The van der Waals surface area contributed by atoms with E-state index >= 15 is 0 Å². The average molecular weight is 275 g/mol. The van der Waals surface area contributed by atoms with Gasteiger partial charge in [0.1, 0.15) is 0 Å². The first-order chi connectivity index (χ1) is 9.74. The van der Waals surface area contributed by atoms with Gasteiger partial charge in [-0.05, 0) is 38.4 Å². The van der Waals surface area contributed by atoms with Gasteiger partial charge in [-0.2, -0.15) is 0 Å². The Bertz CT molecular complexity index is 412. The van der Waals surface area contributed by atoms with Crippen LogP contribution in [0.15, 0.2) is 30.3 Å². The van der Waals surface area contributed by atoms with Crippen molar-refractivity contribution in [2.75, 3.05) is 19.7 Å². The quantitative estimate of drug-likeness (QED) is 0.771. The summed E-state index contributed by atoms with van der Waals surface area (Å²) in [4.78, 5) is 14.6. The van der Waals surface area contributed by atoms with E-state index in [-0.39, 0.29) is 17.9 Å². The molecule has 1 aromatic carbocycles. The molecule has 0 saturated carbocycles. The van der Waals surface area contributed by atoms with Crippen molar-refractivity contribution in [3.05, 3.63) is 35.9 Å². The second kappa shape index (κ2) is 7.44. The number of esters is 1. The molecule has 0 aromatic heterocycles. The number of hydrogen-bond donors (Lipinski definition) is 0. The topological polar surface area (TPSA) is 29.5 Å². The predicted molar refractivity (Wildman–Crippen MR) is 80.4 cm³/mol. The van der Waals surface area contributed by atoms with Crippen molar-refractivity contribution in [1.29, 1.82) is 0 Å². The van der Waals surface area contributed by atoms with Crippen molar-refractivity contribution >= 4 is 5.97 Å². The van der Waals surface area contributed by atoms with Crippen LogP contribution >= 0.6 is 0 Å². The van der Waals surface area contributed by atoms with Gasteiger partial charge in [0.05, 0.1) is 12.5 Å². The minimum Gasteiger partial charge on any atom is -0.466 e. The Kier molecular flexibility index (Phi) is 5.60. The maximum atomic E-state index is 12.2. The molecule has 1 fully saturated rings. The first-order valence-electron chi connectivity index (χ1n) is 7.69. The highest BCUT2D eigenvalue weighted by Crippen LogP contribution is 2.31. The Labute approximate surface area is 121 Å². The first kappa shape index (κ1) is 15.0. The largest absolute Gasteiger partial charge is 0.466 e. The number of benzene rings is 1. The molecule has 1 aliphatic rings. The average Bonchev–Trinajstić information content (AvgIpc) is 2.50. The maximum absolute atomic E-state index is 12.2. The summed E-state index contributed by atoms with van der Waals surface area (Å²) in [5.74, 6) is -0.220. The highest BCUT2D eigenvalue weighted by Gasteiger charge is 2.32. The number of carbonyl (C=O) groups excluding carboxylic acids is 1. The van der Waals surface area contributed by atoms with Crippen LogP contribution in [0.25, 0.3) is 0 Å². The van der Waals surface area contributed by atoms with E-state index in [0.29, 0.717) is 6.61 Å². The third-order valence-corrected chi connectivity index (χ3v) is 4.06. The lowest BCUT2D eigenvalue weighted by Crippen LogP contribution is -2.39. The molecular formula is C17H25NO2. The lowest BCUT2D eigenvalue weighted by Gasteiger charge is -2.37. The molecule has 1 heterocycles. The van der Waals surface area contributed by atoms with Crippen molar-refractivity contribution in [2.45, 2.75) is 39.2 Å². The van der Waals surface area contributed by atoms with Crippen molar-refractivity contribution < 1.29 is 9.53 Å². The zero-order valence-corrected chi connectivity index (χ0v) is 12.5. The van der Waals surface area contributed by atoms with Crippen LogP contribution in [0.4, 0.5) is 0 Å². The van der Waals surface area contributed by atoms with E-state index in [1.807, 2.05) is 32.0 Å². The highest BCUT2D eigenvalue weighted by molar-refractivity contribution is 5.73. The fraction of sp³-hybridized carbons (Fsp3) is 0.588. The summed E-state index contributed by atoms with van der Waals surface area (Å²) in [7, 11) is 0.